The number of hydrazone groups is 1. The Morgan fingerprint density at radius 1 is 1.00 bits per heavy atom. The molecule has 2 atom stereocenters. The normalized spacial score (nSPS) is 13.3. The molecule has 0 aromatic heterocycles. The molecule has 0 aliphatic heterocycles. The van der Waals surface area contributed by atoms with Crippen molar-refractivity contribution in [1.29, 1.82) is 0 Å². The van der Waals surface area contributed by atoms with E-state index in [-0.39, 0.29) is 12.4 Å². The summed E-state index contributed by atoms with van der Waals surface area (Å²) in [4.78, 5) is 23.8. The Hall–Kier alpha value is -3.47. The average Bonchev–Trinajstić information content (AvgIpc) is 2.78. The van der Waals surface area contributed by atoms with Gasteiger partial charge in [0.25, 0.3) is 0 Å². The molecule has 0 radical (unpaired) electrons. The lowest BCUT2D eigenvalue weighted by Crippen LogP contribution is -2.56. The molecule has 0 aliphatic rings. The maximum absolute atomic E-state index is 12.5. The number of amides is 1. The number of hydrazine groups is 1. The monoisotopic (exact) mass is 414 g/mol. The van der Waals surface area contributed by atoms with E-state index in [1.54, 1.807) is 0 Å². The highest BCUT2D eigenvalue weighted by atomic mass is 16.4. The Morgan fingerprint density at radius 3 is 2.17 bits per heavy atom. The fourth-order valence-corrected chi connectivity index (χ4v) is 2.85. The molecule has 10 nitrogen and oxygen atoms in total. The molecule has 2 aromatic carbocycles. The standard InChI is InChI=1S/C20H26N6O4/c21-25-20(26-22)24-18(28)16(23-17(12-27)19(29)30)11-8-13-6-9-15(10-7-13)14-4-2-1-3-5-14/h1-7,9-10,16-17,23,27H,8,11-12,21-22H2,(H,29,30)(H2,24,25,26,28)/t16-,17-/m0/s1. The lowest BCUT2D eigenvalue weighted by atomic mass is 10.00. The fraction of sp³-hybridized carbons (Fsp3) is 0.250. The van der Waals surface area contributed by atoms with Crippen LogP contribution in [0.3, 0.4) is 0 Å². The zero-order chi connectivity index (χ0) is 21.9. The van der Waals surface area contributed by atoms with Gasteiger partial charge in [0.2, 0.25) is 11.9 Å². The number of rotatable bonds is 9. The van der Waals surface area contributed by atoms with Gasteiger partial charge in [-0.05, 0) is 29.5 Å². The van der Waals surface area contributed by atoms with Gasteiger partial charge in [-0.15, -0.1) is 5.10 Å². The predicted molar refractivity (Wildman–Crippen MR) is 113 cm³/mol. The Bertz CT molecular complexity index is 857. The van der Waals surface area contributed by atoms with E-state index in [1.165, 1.54) is 0 Å². The van der Waals surface area contributed by atoms with Gasteiger partial charge in [-0.25, -0.2) is 5.84 Å². The number of nitrogens with one attached hydrogen (secondary N) is 3. The van der Waals surface area contributed by atoms with E-state index in [9.17, 15) is 19.8 Å². The highest BCUT2D eigenvalue weighted by molar-refractivity contribution is 5.99. The third kappa shape index (κ3) is 6.55. The van der Waals surface area contributed by atoms with Gasteiger partial charge >= 0.3 is 5.97 Å². The van der Waals surface area contributed by atoms with E-state index in [0.29, 0.717) is 6.42 Å². The van der Waals surface area contributed by atoms with Crippen LogP contribution in [0.15, 0.2) is 59.7 Å². The summed E-state index contributed by atoms with van der Waals surface area (Å²) in [5, 5.41) is 26.7. The van der Waals surface area contributed by atoms with Crippen LogP contribution in [0.4, 0.5) is 0 Å². The number of aliphatic hydroxyl groups excluding tert-OH is 1. The Morgan fingerprint density at radius 2 is 1.63 bits per heavy atom. The number of nitrogens with zero attached hydrogens (tertiary/aromatic N) is 1. The largest absolute Gasteiger partial charge is 0.480 e. The number of guanidine groups is 1. The number of nitrogens with two attached hydrogens (primary N) is 2. The molecule has 160 valence electrons. The molecule has 2 aromatic rings. The van der Waals surface area contributed by atoms with Crippen molar-refractivity contribution in [3.05, 3.63) is 60.2 Å². The maximum atomic E-state index is 12.5. The lowest BCUT2D eigenvalue weighted by Gasteiger charge is -2.22. The van der Waals surface area contributed by atoms with Gasteiger partial charge < -0.3 is 16.1 Å². The molecule has 0 heterocycles. The summed E-state index contributed by atoms with van der Waals surface area (Å²) >= 11 is 0. The van der Waals surface area contributed by atoms with Gasteiger partial charge in [-0.3, -0.25) is 25.6 Å². The minimum absolute atomic E-state index is 0.171. The first kappa shape index (κ1) is 22.8. The minimum atomic E-state index is -1.30. The number of hydrogen-bond donors (Lipinski definition) is 7. The van der Waals surface area contributed by atoms with Gasteiger partial charge in [0.05, 0.1) is 12.6 Å². The third-order valence-corrected chi connectivity index (χ3v) is 4.49. The van der Waals surface area contributed by atoms with Crippen molar-refractivity contribution >= 4 is 17.8 Å². The number of carboxylic acid groups (broad SMARTS) is 1. The van der Waals surface area contributed by atoms with Gasteiger partial charge in [0.15, 0.2) is 0 Å². The molecule has 0 aliphatic carbocycles. The summed E-state index contributed by atoms with van der Waals surface area (Å²) in [6.45, 7) is -0.669. The molecule has 9 N–H and O–H groups in total. The van der Waals surface area contributed by atoms with Crippen molar-refractivity contribution in [3.63, 3.8) is 0 Å². The van der Waals surface area contributed by atoms with Crippen LogP contribution in [0.25, 0.3) is 11.1 Å². The number of carbonyl (C=O) groups excluding carboxylic acids is 1. The van der Waals surface area contributed by atoms with Crippen LogP contribution in [0.5, 0.6) is 0 Å². The Kier molecular flexibility index (Phi) is 8.75. The van der Waals surface area contributed by atoms with Crippen molar-refractivity contribution in [1.82, 2.24) is 16.1 Å². The van der Waals surface area contributed by atoms with Crippen LogP contribution in [0.2, 0.25) is 0 Å². The average molecular weight is 414 g/mol. The summed E-state index contributed by atoms with van der Waals surface area (Å²) in [5.41, 5.74) is 5.25. The minimum Gasteiger partial charge on any atom is -0.480 e. The van der Waals surface area contributed by atoms with E-state index in [1.807, 2.05) is 54.6 Å². The third-order valence-electron chi connectivity index (χ3n) is 4.49. The smallest absolute Gasteiger partial charge is 0.323 e. The number of hydrogen-bond acceptors (Lipinski definition) is 7. The van der Waals surface area contributed by atoms with E-state index in [0.717, 1.165) is 16.7 Å². The van der Waals surface area contributed by atoms with Gasteiger partial charge in [0, 0.05) is 0 Å². The van der Waals surface area contributed by atoms with E-state index in [2.05, 4.69) is 21.2 Å². The van der Waals surface area contributed by atoms with Crippen molar-refractivity contribution in [3.8, 4) is 11.1 Å². The first-order valence-corrected chi connectivity index (χ1v) is 9.28. The number of carboxylic acids is 1. The second-order valence-corrected chi connectivity index (χ2v) is 6.51. The van der Waals surface area contributed by atoms with Gasteiger partial charge in [-0.1, -0.05) is 54.6 Å². The van der Waals surface area contributed by atoms with Crippen molar-refractivity contribution in [2.75, 3.05) is 6.61 Å². The summed E-state index contributed by atoms with van der Waals surface area (Å²) in [5.74, 6) is 8.29. The predicted octanol–water partition coefficient (Wildman–Crippen LogP) is -0.501. The van der Waals surface area contributed by atoms with Crippen LogP contribution < -0.4 is 27.7 Å². The summed E-state index contributed by atoms with van der Waals surface area (Å²) in [7, 11) is 0. The molecular weight excluding hydrogens is 388 g/mol. The van der Waals surface area contributed by atoms with Gasteiger partial charge in [-0.2, -0.15) is 0 Å². The van der Waals surface area contributed by atoms with E-state index in [4.69, 9.17) is 11.7 Å². The SMILES string of the molecule is N/N=C(\NN)NC(=O)[C@H](CCc1ccc(-c2ccccc2)cc1)N[C@@H](CO)C(=O)O. The Balaban J connectivity index is 2.08. The van der Waals surface area contributed by atoms with Crippen LogP contribution in [-0.2, 0) is 16.0 Å². The zero-order valence-electron chi connectivity index (χ0n) is 16.3. The first-order chi connectivity index (χ1) is 14.5. The zero-order valence-corrected chi connectivity index (χ0v) is 16.3. The molecule has 0 bridgehead atoms. The summed E-state index contributed by atoms with van der Waals surface area (Å²) in [6, 6.07) is 15.6. The lowest BCUT2D eigenvalue weighted by molar-refractivity contribution is -0.141. The fourth-order valence-electron chi connectivity index (χ4n) is 2.85. The molecule has 2 rings (SSSR count). The van der Waals surface area contributed by atoms with Gasteiger partial charge in [0.1, 0.15) is 6.04 Å². The second-order valence-electron chi connectivity index (χ2n) is 6.51. The van der Waals surface area contributed by atoms with Crippen LogP contribution in [0.1, 0.15) is 12.0 Å². The molecule has 0 unspecified atom stereocenters. The molecule has 30 heavy (non-hydrogen) atoms. The number of aliphatic hydroxyl groups is 1. The quantitative estimate of drug-likeness (QED) is 0.124. The number of benzene rings is 2. The van der Waals surface area contributed by atoms with Crippen molar-refractivity contribution in [2.45, 2.75) is 24.9 Å². The molecular formula is C20H26N6O4. The van der Waals surface area contributed by atoms with Crippen LogP contribution in [0, 0.1) is 0 Å². The summed E-state index contributed by atoms with van der Waals surface area (Å²) in [6.07, 6.45) is 0.756. The topological polar surface area (TPSA) is 175 Å². The van der Waals surface area contributed by atoms with Crippen molar-refractivity contribution in [2.24, 2.45) is 16.8 Å². The number of aliphatic carboxylic acids is 1. The van der Waals surface area contributed by atoms with Crippen LogP contribution >= 0.6 is 0 Å². The summed E-state index contributed by atoms with van der Waals surface area (Å²) < 4.78 is 0. The molecule has 10 heteroatoms. The maximum Gasteiger partial charge on any atom is 0.323 e. The van der Waals surface area contributed by atoms with E-state index < -0.39 is 30.6 Å². The Labute approximate surface area is 173 Å². The number of aryl methyl sites for hydroxylation is 1. The second kappa shape index (κ2) is 11.5. The van der Waals surface area contributed by atoms with Crippen LogP contribution in [-0.4, -0.2) is 46.7 Å². The highest BCUT2D eigenvalue weighted by Gasteiger charge is 2.26. The van der Waals surface area contributed by atoms with E-state index >= 15 is 0 Å². The molecule has 0 saturated heterocycles. The molecule has 1 amide bonds. The number of carbonyl (C=O) groups is 2. The molecule has 0 fully saturated rings. The van der Waals surface area contributed by atoms with Crippen molar-refractivity contribution < 1.29 is 19.8 Å². The molecule has 0 saturated carbocycles. The molecule has 0 spiro atoms. The highest BCUT2D eigenvalue weighted by Crippen LogP contribution is 2.20. The first-order valence-electron chi connectivity index (χ1n) is 9.28.